The standard InChI is InChI=1S/C26H33N3O2/c30-25(12-10-22-9-11-23-7-2-3-8-24(23)21-22)29-18-13-26(31)28(19-20-29)17-6-16-27-14-4-1-5-15-27/h2-3,7-12,21H,1,4-6,13-20H2. The third kappa shape index (κ3) is 5.95. The second kappa shape index (κ2) is 10.6. The maximum atomic E-state index is 12.7. The van der Waals surface area contributed by atoms with Crippen LogP contribution in [0.5, 0.6) is 0 Å². The van der Waals surface area contributed by atoms with E-state index in [4.69, 9.17) is 0 Å². The Morgan fingerprint density at radius 1 is 0.871 bits per heavy atom. The van der Waals surface area contributed by atoms with Gasteiger partial charge in [0, 0.05) is 38.7 Å². The Balaban J connectivity index is 1.28. The molecule has 2 aromatic rings. The van der Waals surface area contributed by atoms with Gasteiger partial charge in [-0.2, -0.15) is 0 Å². The lowest BCUT2D eigenvalue weighted by atomic mass is 10.1. The van der Waals surface area contributed by atoms with Gasteiger partial charge < -0.3 is 14.7 Å². The van der Waals surface area contributed by atoms with Crippen molar-refractivity contribution >= 4 is 28.7 Å². The second-order valence-electron chi connectivity index (χ2n) is 8.65. The summed E-state index contributed by atoms with van der Waals surface area (Å²) in [6, 6.07) is 14.4. The molecule has 0 atom stereocenters. The van der Waals surface area contributed by atoms with E-state index in [1.54, 1.807) is 11.0 Å². The van der Waals surface area contributed by atoms with Crippen LogP contribution in [0.25, 0.3) is 16.8 Å². The number of hydrogen-bond acceptors (Lipinski definition) is 3. The van der Waals surface area contributed by atoms with Crippen LogP contribution in [0.3, 0.4) is 0 Å². The minimum atomic E-state index is -0.0175. The number of carbonyl (C=O) groups excluding carboxylic acids is 2. The summed E-state index contributed by atoms with van der Waals surface area (Å²) >= 11 is 0. The van der Waals surface area contributed by atoms with Crippen molar-refractivity contribution in [2.24, 2.45) is 0 Å². The smallest absolute Gasteiger partial charge is 0.246 e. The molecule has 2 aromatic carbocycles. The summed E-state index contributed by atoms with van der Waals surface area (Å²) < 4.78 is 0. The summed E-state index contributed by atoms with van der Waals surface area (Å²) in [6.45, 7) is 6.00. The van der Waals surface area contributed by atoms with E-state index in [-0.39, 0.29) is 11.8 Å². The Kier molecular flexibility index (Phi) is 7.36. The van der Waals surface area contributed by atoms with E-state index in [2.05, 4.69) is 29.2 Å². The first kappa shape index (κ1) is 21.6. The first-order valence-electron chi connectivity index (χ1n) is 11.6. The van der Waals surface area contributed by atoms with Gasteiger partial charge >= 0.3 is 0 Å². The highest BCUT2D eigenvalue weighted by Crippen LogP contribution is 2.17. The SMILES string of the molecule is O=C(C=Cc1ccc2ccccc2c1)N1CCC(=O)N(CCCN2CCCCC2)CC1. The maximum absolute atomic E-state index is 12.7. The molecular weight excluding hydrogens is 386 g/mol. The number of hydrogen-bond donors (Lipinski definition) is 0. The van der Waals surface area contributed by atoms with Crippen molar-refractivity contribution < 1.29 is 9.59 Å². The zero-order chi connectivity index (χ0) is 21.5. The topological polar surface area (TPSA) is 43.9 Å². The van der Waals surface area contributed by atoms with E-state index < -0.39 is 0 Å². The minimum Gasteiger partial charge on any atom is -0.341 e. The van der Waals surface area contributed by atoms with Crippen LogP contribution in [0.15, 0.2) is 48.5 Å². The van der Waals surface area contributed by atoms with Crippen LogP contribution in [-0.2, 0) is 9.59 Å². The molecule has 4 rings (SSSR count). The van der Waals surface area contributed by atoms with Crippen molar-refractivity contribution in [1.29, 1.82) is 0 Å². The van der Waals surface area contributed by atoms with Crippen LogP contribution in [0.1, 0.15) is 37.7 Å². The fourth-order valence-corrected chi connectivity index (χ4v) is 4.58. The highest BCUT2D eigenvalue weighted by Gasteiger charge is 2.22. The Hall–Kier alpha value is -2.66. The van der Waals surface area contributed by atoms with Gasteiger partial charge in [-0.3, -0.25) is 9.59 Å². The maximum Gasteiger partial charge on any atom is 0.246 e. The van der Waals surface area contributed by atoms with Crippen molar-refractivity contribution in [3.05, 3.63) is 54.1 Å². The molecule has 0 radical (unpaired) electrons. The number of amides is 2. The number of likely N-dealkylation sites (tertiary alicyclic amines) is 1. The quantitative estimate of drug-likeness (QED) is 0.669. The first-order chi connectivity index (χ1) is 15.2. The number of carbonyl (C=O) groups is 2. The molecular formula is C26H33N3O2. The van der Waals surface area contributed by atoms with Crippen molar-refractivity contribution in [2.75, 3.05) is 45.8 Å². The number of benzene rings is 2. The van der Waals surface area contributed by atoms with E-state index >= 15 is 0 Å². The predicted octanol–water partition coefficient (Wildman–Crippen LogP) is 3.79. The van der Waals surface area contributed by atoms with E-state index in [1.165, 1.54) is 37.7 Å². The molecule has 0 aliphatic carbocycles. The molecule has 0 aromatic heterocycles. The molecule has 5 heteroatoms. The first-order valence-corrected chi connectivity index (χ1v) is 11.6. The van der Waals surface area contributed by atoms with Crippen molar-refractivity contribution in [3.8, 4) is 0 Å². The van der Waals surface area contributed by atoms with Gasteiger partial charge in [0.2, 0.25) is 11.8 Å². The van der Waals surface area contributed by atoms with E-state index in [0.717, 1.165) is 30.5 Å². The molecule has 2 aliphatic rings. The Labute approximate surface area is 185 Å². The summed E-state index contributed by atoms with van der Waals surface area (Å²) in [5, 5.41) is 2.36. The molecule has 31 heavy (non-hydrogen) atoms. The van der Waals surface area contributed by atoms with E-state index in [9.17, 15) is 9.59 Å². The number of piperidine rings is 1. The van der Waals surface area contributed by atoms with Gasteiger partial charge in [-0.05, 0) is 67.4 Å². The molecule has 0 saturated carbocycles. The summed E-state index contributed by atoms with van der Waals surface area (Å²) in [6.07, 6.45) is 8.89. The molecule has 2 fully saturated rings. The van der Waals surface area contributed by atoms with E-state index in [0.29, 0.717) is 26.1 Å². The van der Waals surface area contributed by atoms with Crippen molar-refractivity contribution in [1.82, 2.24) is 14.7 Å². The molecule has 5 nitrogen and oxygen atoms in total. The highest BCUT2D eigenvalue weighted by molar-refractivity contribution is 5.93. The monoisotopic (exact) mass is 419 g/mol. The molecule has 2 amide bonds. The fourth-order valence-electron chi connectivity index (χ4n) is 4.58. The molecule has 0 spiro atoms. The Morgan fingerprint density at radius 3 is 2.52 bits per heavy atom. The zero-order valence-corrected chi connectivity index (χ0v) is 18.3. The third-order valence-corrected chi connectivity index (χ3v) is 6.44. The van der Waals surface area contributed by atoms with Crippen LogP contribution in [0.4, 0.5) is 0 Å². The molecule has 0 bridgehead atoms. The van der Waals surface area contributed by atoms with Crippen LogP contribution in [0.2, 0.25) is 0 Å². The molecule has 0 unspecified atom stereocenters. The summed E-state index contributed by atoms with van der Waals surface area (Å²) in [5.41, 5.74) is 1.01. The van der Waals surface area contributed by atoms with Gasteiger partial charge in [-0.1, -0.05) is 42.8 Å². The van der Waals surface area contributed by atoms with Gasteiger partial charge in [0.1, 0.15) is 0 Å². The molecule has 0 N–H and O–H groups in total. The van der Waals surface area contributed by atoms with E-state index in [1.807, 2.05) is 29.2 Å². The number of fused-ring (bicyclic) bond motifs is 1. The van der Waals surface area contributed by atoms with Gasteiger partial charge in [0.25, 0.3) is 0 Å². The van der Waals surface area contributed by atoms with Crippen LogP contribution in [0, 0.1) is 0 Å². The number of nitrogens with zero attached hydrogens (tertiary/aromatic N) is 3. The fraction of sp³-hybridized carbons (Fsp3) is 0.462. The average Bonchev–Trinajstić information content (AvgIpc) is 3.00. The lowest BCUT2D eigenvalue weighted by molar-refractivity contribution is -0.130. The summed E-state index contributed by atoms with van der Waals surface area (Å²) in [7, 11) is 0. The minimum absolute atomic E-state index is 0.0175. The predicted molar refractivity (Wildman–Crippen MR) is 126 cm³/mol. The normalized spacial score (nSPS) is 18.6. The van der Waals surface area contributed by atoms with Crippen LogP contribution >= 0.6 is 0 Å². The summed E-state index contributed by atoms with van der Waals surface area (Å²) in [5.74, 6) is 0.156. The highest BCUT2D eigenvalue weighted by atomic mass is 16.2. The van der Waals surface area contributed by atoms with Gasteiger partial charge in [-0.25, -0.2) is 0 Å². The third-order valence-electron chi connectivity index (χ3n) is 6.44. The average molecular weight is 420 g/mol. The molecule has 2 heterocycles. The van der Waals surface area contributed by atoms with Gasteiger partial charge in [0.05, 0.1) is 0 Å². The lowest BCUT2D eigenvalue weighted by Gasteiger charge is -2.28. The largest absolute Gasteiger partial charge is 0.341 e. The van der Waals surface area contributed by atoms with Gasteiger partial charge in [-0.15, -0.1) is 0 Å². The second-order valence-corrected chi connectivity index (χ2v) is 8.65. The van der Waals surface area contributed by atoms with Crippen LogP contribution in [-0.4, -0.2) is 72.3 Å². The van der Waals surface area contributed by atoms with Crippen molar-refractivity contribution in [3.63, 3.8) is 0 Å². The van der Waals surface area contributed by atoms with Gasteiger partial charge in [0.15, 0.2) is 0 Å². The molecule has 2 aliphatic heterocycles. The summed E-state index contributed by atoms with van der Waals surface area (Å²) in [4.78, 5) is 31.5. The van der Waals surface area contributed by atoms with Crippen molar-refractivity contribution in [2.45, 2.75) is 32.1 Å². The molecule has 164 valence electrons. The number of rotatable bonds is 6. The molecule has 2 saturated heterocycles. The zero-order valence-electron chi connectivity index (χ0n) is 18.3. The van der Waals surface area contributed by atoms with Crippen LogP contribution < -0.4 is 0 Å². The Morgan fingerprint density at radius 2 is 1.68 bits per heavy atom. The Bertz CT molecular complexity index is 933. The lowest BCUT2D eigenvalue weighted by Crippen LogP contribution is -2.37.